The summed E-state index contributed by atoms with van der Waals surface area (Å²) in [5, 5.41) is 5.57. The maximum Gasteiger partial charge on any atom is 0.249 e. The van der Waals surface area contributed by atoms with Crippen molar-refractivity contribution in [1.82, 2.24) is 10.2 Å². The number of piperazine rings is 1. The molecule has 25 heavy (non-hydrogen) atoms. The van der Waals surface area contributed by atoms with Gasteiger partial charge in [0.2, 0.25) is 11.8 Å². The van der Waals surface area contributed by atoms with Crippen LogP contribution in [0.2, 0.25) is 0 Å². The summed E-state index contributed by atoms with van der Waals surface area (Å²) in [5.41, 5.74) is 7.70. The van der Waals surface area contributed by atoms with E-state index in [2.05, 4.69) is 32.6 Å². The highest BCUT2D eigenvalue weighted by molar-refractivity contribution is 6.01. The summed E-state index contributed by atoms with van der Waals surface area (Å²) >= 11 is 0. The van der Waals surface area contributed by atoms with Crippen molar-refractivity contribution in [2.24, 2.45) is 5.73 Å². The highest BCUT2D eigenvalue weighted by Gasteiger charge is 2.26. The third-order valence-electron chi connectivity index (χ3n) is 4.63. The normalized spacial score (nSPS) is 21.5. The van der Waals surface area contributed by atoms with E-state index in [9.17, 15) is 9.59 Å². The minimum Gasteiger partial charge on any atom is -0.374 e. The zero-order valence-corrected chi connectivity index (χ0v) is 15.1. The molecular formula is C17H26ClN5O2. The fourth-order valence-electron chi connectivity index (χ4n) is 3.21. The molecule has 1 unspecified atom stereocenters. The van der Waals surface area contributed by atoms with Gasteiger partial charge < -0.3 is 16.0 Å². The quantitative estimate of drug-likeness (QED) is 0.653. The monoisotopic (exact) mass is 367 g/mol. The van der Waals surface area contributed by atoms with Crippen LogP contribution in [0.3, 0.4) is 0 Å². The molecule has 1 aromatic rings. The molecule has 2 heterocycles. The average molecular weight is 368 g/mol. The second-order valence-corrected chi connectivity index (χ2v) is 6.31. The van der Waals surface area contributed by atoms with E-state index in [1.807, 2.05) is 12.1 Å². The number of carbonyl (C=O) groups is 2. The Balaban J connectivity index is 0.00000225. The van der Waals surface area contributed by atoms with Crippen LogP contribution in [0.5, 0.6) is 0 Å². The van der Waals surface area contributed by atoms with Crippen molar-refractivity contribution in [3.8, 4) is 0 Å². The Bertz CT molecular complexity index is 587. The van der Waals surface area contributed by atoms with Gasteiger partial charge in [0, 0.05) is 57.1 Å². The molecule has 138 valence electrons. The summed E-state index contributed by atoms with van der Waals surface area (Å²) in [5.74, 6) is -0.437. The number of imide groups is 1. The zero-order chi connectivity index (χ0) is 16.9. The van der Waals surface area contributed by atoms with Gasteiger partial charge in [-0.3, -0.25) is 19.8 Å². The van der Waals surface area contributed by atoms with E-state index in [4.69, 9.17) is 5.73 Å². The number of anilines is 2. The molecule has 3 rings (SSSR count). The molecule has 2 saturated heterocycles. The lowest BCUT2D eigenvalue weighted by atomic mass is 10.1. The minimum atomic E-state index is -0.339. The first-order chi connectivity index (χ1) is 11.7. The second kappa shape index (κ2) is 9.03. The first-order valence-electron chi connectivity index (χ1n) is 8.53. The number of carbonyl (C=O) groups excluding carboxylic acids is 2. The van der Waals surface area contributed by atoms with Crippen molar-refractivity contribution < 1.29 is 9.59 Å². The molecule has 4 N–H and O–H groups in total. The highest BCUT2D eigenvalue weighted by Crippen LogP contribution is 2.21. The molecular weight excluding hydrogens is 342 g/mol. The fourth-order valence-corrected chi connectivity index (χ4v) is 3.21. The lowest BCUT2D eigenvalue weighted by Gasteiger charge is -2.36. The van der Waals surface area contributed by atoms with E-state index in [1.165, 1.54) is 5.69 Å². The van der Waals surface area contributed by atoms with E-state index in [0.717, 1.165) is 38.4 Å². The van der Waals surface area contributed by atoms with Gasteiger partial charge in [-0.25, -0.2) is 0 Å². The molecule has 2 aliphatic heterocycles. The van der Waals surface area contributed by atoms with Crippen molar-refractivity contribution in [1.29, 1.82) is 0 Å². The Labute approximate surface area is 154 Å². The van der Waals surface area contributed by atoms with Crippen LogP contribution in [-0.2, 0) is 9.59 Å². The molecule has 0 spiro atoms. The summed E-state index contributed by atoms with van der Waals surface area (Å²) in [7, 11) is 0. The summed E-state index contributed by atoms with van der Waals surface area (Å²) in [6.45, 7) is 5.74. The van der Waals surface area contributed by atoms with Crippen LogP contribution >= 0.6 is 12.4 Å². The minimum absolute atomic E-state index is 0. The lowest BCUT2D eigenvalue weighted by Crippen LogP contribution is -2.48. The average Bonchev–Trinajstić information content (AvgIpc) is 2.59. The van der Waals surface area contributed by atoms with Crippen LogP contribution in [0.1, 0.15) is 12.8 Å². The van der Waals surface area contributed by atoms with Gasteiger partial charge >= 0.3 is 0 Å². The number of nitrogens with one attached hydrogen (secondary N) is 2. The van der Waals surface area contributed by atoms with Crippen LogP contribution in [0, 0.1) is 0 Å². The van der Waals surface area contributed by atoms with E-state index >= 15 is 0 Å². The number of halogens is 1. The molecule has 8 heteroatoms. The Hall–Kier alpha value is -1.83. The molecule has 1 aromatic carbocycles. The van der Waals surface area contributed by atoms with Crippen LogP contribution in [0.25, 0.3) is 0 Å². The molecule has 0 bridgehead atoms. The molecule has 2 fully saturated rings. The molecule has 2 aliphatic rings. The second-order valence-electron chi connectivity index (χ2n) is 6.31. The van der Waals surface area contributed by atoms with Crippen LogP contribution in [0.15, 0.2) is 24.3 Å². The Kier molecular flexibility index (Phi) is 7.04. The van der Waals surface area contributed by atoms with Crippen LogP contribution in [0.4, 0.5) is 11.4 Å². The van der Waals surface area contributed by atoms with Crippen molar-refractivity contribution >= 4 is 35.6 Å². The van der Waals surface area contributed by atoms with Gasteiger partial charge in [0.1, 0.15) is 6.04 Å². The van der Waals surface area contributed by atoms with Crippen molar-refractivity contribution in [3.05, 3.63) is 24.3 Å². The maximum absolute atomic E-state index is 11.8. The maximum atomic E-state index is 11.8. The predicted octanol–water partition coefficient (Wildman–Crippen LogP) is 0.406. The van der Waals surface area contributed by atoms with Crippen molar-refractivity contribution in [3.63, 3.8) is 0 Å². The van der Waals surface area contributed by atoms with Gasteiger partial charge in [-0.2, -0.15) is 0 Å². The van der Waals surface area contributed by atoms with Crippen LogP contribution < -0.4 is 21.3 Å². The SMILES string of the molecule is Cl.NCCN1CCN(c2ccc(NC3CCC(=O)NC3=O)cc2)CC1. The number of amides is 2. The molecule has 7 nitrogen and oxygen atoms in total. The van der Waals surface area contributed by atoms with E-state index in [1.54, 1.807) is 0 Å². The number of nitrogens with two attached hydrogens (primary N) is 1. The first kappa shape index (κ1) is 19.5. The van der Waals surface area contributed by atoms with Gasteiger partial charge in [-0.05, 0) is 30.7 Å². The molecule has 0 saturated carbocycles. The molecule has 0 radical (unpaired) electrons. The summed E-state index contributed by atoms with van der Waals surface area (Å²) < 4.78 is 0. The largest absolute Gasteiger partial charge is 0.374 e. The van der Waals surface area contributed by atoms with Gasteiger partial charge in [0.25, 0.3) is 0 Å². The van der Waals surface area contributed by atoms with Crippen molar-refractivity contribution in [2.75, 3.05) is 49.5 Å². The van der Waals surface area contributed by atoms with Gasteiger partial charge in [-0.1, -0.05) is 0 Å². The van der Waals surface area contributed by atoms with Gasteiger partial charge in [-0.15, -0.1) is 12.4 Å². The van der Waals surface area contributed by atoms with Crippen molar-refractivity contribution in [2.45, 2.75) is 18.9 Å². The third-order valence-corrected chi connectivity index (χ3v) is 4.63. The Morgan fingerprint density at radius 1 is 1.12 bits per heavy atom. The molecule has 1 atom stereocenters. The topological polar surface area (TPSA) is 90.7 Å². The van der Waals surface area contributed by atoms with E-state index in [0.29, 0.717) is 19.4 Å². The number of benzene rings is 1. The number of hydrogen-bond donors (Lipinski definition) is 3. The predicted molar refractivity (Wildman–Crippen MR) is 101 cm³/mol. The smallest absolute Gasteiger partial charge is 0.249 e. The summed E-state index contributed by atoms with van der Waals surface area (Å²) in [6, 6.07) is 7.80. The molecule has 0 aromatic heterocycles. The Morgan fingerprint density at radius 3 is 2.40 bits per heavy atom. The number of piperidine rings is 1. The number of rotatable bonds is 5. The molecule has 2 amide bonds. The zero-order valence-electron chi connectivity index (χ0n) is 14.2. The van der Waals surface area contributed by atoms with Crippen LogP contribution in [-0.4, -0.2) is 62.0 Å². The standard InChI is InChI=1S/C17H25N5O2.ClH/c18-7-8-21-9-11-22(12-10-21)14-3-1-13(2-4-14)19-15-5-6-16(23)20-17(15)24;/h1-4,15,19H,5-12,18H2,(H,20,23,24);1H. The lowest BCUT2D eigenvalue weighted by molar-refractivity contribution is -0.133. The van der Waals surface area contributed by atoms with E-state index in [-0.39, 0.29) is 30.3 Å². The number of nitrogens with zero attached hydrogens (tertiary/aromatic N) is 2. The highest BCUT2D eigenvalue weighted by atomic mass is 35.5. The molecule has 0 aliphatic carbocycles. The van der Waals surface area contributed by atoms with E-state index < -0.39 is 0 Å². The third kappa shape index (κ3) is 5.07. The summed E-state index contributed by atoms with van der Waals surface area (Å²) in [6.07, 6.45) is 0.921. The number of hydrogen-bond acceptors (Lipinski definition) is 6. The van der Waals surface area contributed by atoms with Gasteiger partial charge in [0.15, 0.2) is 0 Å². The first-order valence-corrected chi connectivity index (χ1v) is 8.53. The van der Waals surface area contributed by atoms with Gasteiger partial charge in [0.05, 0.1) is 0 Å². The summed E-state index contributed by atoms with van der Waals surface area (Å²) in [4.78, 5) is 27.7. The Morgan fingerprint density at radius 2 is 1.80 bits per heavy atom. The fraction of sp³-hybridized carbons (Fsp3) is 0.529.